The summed E-state index contributed by atoms with van der Waals surface area (Å²) in [7, 11) is 0. The Balaban J connectivity index is 1.48. The molecule has 0 spiro atoms. The number of aliphatic carboxylic acids is 1. The Kier molecular flexibility index (Phi) is 6.38. The molecule has 0 amide bonds. The number of fused-ring (bicyclic) bond motifs is 1. The highest BCUT2D eigenvalue weighted by molar-refractivity contribution is 6.30. The third-order valence-electron chi connectivity index (χ3n) is 6.40. The van der Waals surface area contributed by atoms with Gasteiger partial charge in [-0.25, -0.2) is 19.4 Å². The molecule has 4 heterocycles. The van der Waals surface area contributed by atoms with Gasteiger partial charge in [-0.3, -0.25) is 0 Å². The molecule has 3 aromatic rings. The summed E-state index contributed by atoms with van der Waals surface area (Å²) in [5.41, 5.74) is 3.54. The topological polar surface area (TPSA) is 96.6 Å². The third-order valence-corrected chi connectivity index (χ3v) is 6.63. The van der Waals surface area contributed by atoms with Crippen LogP contribution in [0.15, 0.2) is 30.6 Å². The number of nitrogens with zero attached hydrogens (tertiary/aromatic N) is 6. The molecular formula is C24H27ClN6O3. The number of ether oxygens (including phenoxy) is 1. The summed E-state index contributed by atoms with van der Waals surface area (Å²) in [5, 5.41) is 15.4. The number of carbonyl (C=O) groups is 1. The Morgan fingerprint density at radius 1 is 1.18 bits per heavy atom. The number of anilines is 2. The van der Waals surface area contributed by atoms with Gasteiger partial charge in [0.25, 0.3) is 0 Å². The maximum atomic E-state index is 11.2. The number of halogens is 1. The zero-order valence-corrected chi connectivity index (χ0v) is 19.8. The number of hydrogen-bond acceptors (Lipinski definition) is 7. The predicted octanol–water partition coefficient (Wildman–Crippen LogP) is 3.91. The van der Waals surface area contributed by atoms with Crippen molar-refractivity contribution in [3.05, 3.63) is 46.9 Å². The quantitative estimate of drug-likeness (QED) is 0.547. The number of aromatic nitrogens is 4. The number of benzene rings is 1. The highest BCUT2D eigenvalue weighted by Crippen LogP contribution is 2.33. The van der Waals surface area contributed by atoms with Crippen molar-refractivity contribution >= 4 is 46.2 Å². The van der Waals surface area contributed by atoms with E-state index in [0.717, 1.165) is 73.4 Å². The molecule has 34 heavy (non-hydrogen) atoms. The summed E-state index contributed by atoms with van der Waals surface area (Å²) >= 11 is 6.24. The fourth-order valence-corrected chi connectivity index (χ4v) is 4.86. The molecule has 2 fully saturated rings. The highest BCUT2D eigenvalue weighted by atomic mass is 35.5. The number of piperazine rings is 1. The summed E-state index contributed by atoms with van der Waals surface area (Å²) in [4.78, 5) is 24.9. The Morgan fingerprint density at radius 3 is 2.71 bits per heavy atom. The first-order chi connectivity index (χ1) is 16.5. The minimum atomic E-state index is -1.03. The lowest BCUT2D eigenvalue weighted by molar-refractivity contribution is -0.131. The molecule has 1 N–H and O–H groups in total. The Morgan fingerprint density at radius 2 is 1.97 bits per heavy atom. The molecule has 1 unspecified atom stereocenters. The Bertz CT molecular complexity index is 1230. The molecule has 0 radical (unpaired) electrons. The minimum absolute atomic E-state index is 0.214. The maximum Gasteiger partial charge on any atom is 0.328 e. The second kappa shape index (κ2) is 9.60. The fraction of sp³-hybridized carbons (Fsp3) is 0.417. The van der Waals surface area contributed by atoms with E-state index in [0.29, 0.717) is 17.9 Å². The predicted molar refractivity (Wildman–Crippen MR) is 131 cm³/mol. The van der Waals surface area contributed by atoms with Crippen molar-refractivity contribution in [3.63, 3.8) is 0 Å². The van der Waals surface area contributed by atoms with Crippen LogP contribution in [-0.4, -0.2) is 63.6 Å². The maximum absolute atomic E-state index is 11.2. The van der Waals surface area contributed by atoms with E-state index in [-0.39, 0.29) is 6.23 Å². The van der Waals surface area contributed by atoms with Gasteiger partial charge in [0.2, 0.25) is 0 Å². The molecule has 0 saturated carbocycles. The van der Waals surface area contributed by atoms with E-state index in [2.05, 4.69) is 26.7 Å². The van der Waals surface area contributed by atoms with E-state index in [1.807, 2.05) is 18.2 Å². The molecule has 0 bridgehead atoms. The molecule has 178 valence electrons. The summed E-state index contributed by atoms with van der Waals surface area (Å²) in [6, 6.07) is 5.97. The van der Waals surface area contributed by atoms with Gasteiger partial charge >= 0.3 is 5.97 Å². The van der Waals surface area contributed by atoms with Gasteiger partial charge in [0, 0.05) is 49.6 Å². The molecule has 2 aliphatic rings. The van der Waals surface area contributed by atoms with E-state index in [1.54, 1.807) is 11.0 Å². The molecule has 1 atom stereocenters. The van der Waals surface area contributed by atoms with Gasteiger partial charge in [-0.2, -0.15) is 5.10 Å². The van der Waals surface area contributed by atoms with Crippen molar-refractivity contribution in [2.75, 3.05) is 42.6 Å². The van der Waals surface area contributed by atoms with E-state index < -0.39 is 5.97 Å². The van der Waals surface area contributed by atoms with E-state index >= 15 is 0 Å². The average Bonchev–Trinajstić information content (AvgIpc) is 3.24. The van der Waals surface area contributed by atoms with Gasteiger partial charge in [0.15, 0.2) is 11.9 Å². The molecule has 5 rings (SSSR count). The van der Waals surface area contributed by atoms with Crippen LogP contribution < -0.4 is 9.80 Å². The normalized spacial score (nSPS) is 19.3. The van der Waals surface area contributed by atoms with Crippen molar-refractivity contribution in [2.45, 2.75) is 32.4 Å². The summed E-state index contributed by atoms with van der Waals surface area (Å²) < 4.78 is 7.73. The van der Waals surface area contributed by atoms with Crippen molar-refractivity contribution in [1.82, 2.24) is 19.7 Å². The first kappa shape index (κ1) is 22.6. The van der Waals surface area contributed by atoms with E-state index in [4.69, 9.17) is 21.4 Å². The summed E-state index contributed by atoms with van der Waals surface area (Å²) in [6.45, 7) is 5.90. The average molecular weight is 483 g/mol. The number of hydrogen-bond donors (Lipinski definition) is 1. The highest BCUT2D eigenvalue weighted by Gasteiger charge is 2.27. The van der Waals surface area contributed by atoms with Crippen LogP contribution in [0.1, 0.15) is 36.7 Å². The first-order valence-corrected chi connectivity index (χ1v) is 11.9. The molecule has 9 nitrogen and oxygen atoms in total. The fourth-order valence-electron chi connectivity index (χ4n) is 4.69. The SMILES string of the molecule is Cc1ccc(Cl)cc1N1CCN(c2ncnc3c2c(C=CC(=O)O)nn3C2CCCCO2)CC1. The lowest BCUT2D eigenvalue weighted by atomic mass is 10.1. The smallest absolute Gasteiger partial charge is 0.328 e. The largest absolute Gasteiger partial charge is 0.478 e. The lowest BCUT2D eigenvalue weighted by Crippen LogP contribution is -2.47. The second-order valence-electron chi connectivity index (χ2n) is 8.62. The van der Waals surface area contributed by atoms with Gasteiger partial charge in [-0.15, -0.1) is 0 Å². The van der Waals surface area contributed by atoms with Crippen LogP contribution in [0.5, 0.6) is 0 Å². The van der Waals surface area contributed by atoms with Crippen LogP contribution in [0.3, 0.4) is 0 Å². The third kappa shape index (κ3) is 4.45. The van der Waals surface area contributed by atoms with Crippen molar-refractivity contribution < 1.29 is 14.6 Å². The standard InChI is InChI=1S/C24H27ClN6O3/c1-16-5-6-17(25)14-19(16)29-9-11-30(12-10-29)23-22-18(7-8-21(32)33)28-31(24(22)27-15-26-23)20-4-2-3-13-34-20/h5-8,14-15,20H,2-4,9-13H2,1H3,(H,32,33). The van der Waals surface area contributed by atoms with E-state index in [9.17, 15) is 9.90 Å². The monoisotopic (exact) mass is 482 g/mol. The van der Waals surface area contributed by atoms with Crippen molar-refractivity contribution in [3.8, 4) is 0 Å². The van der Waals surface area contributed by atoms with Gasteiger partial charge in [-0.1, -0.05) is 17.7 Å². The van der Waals surface area contributed by atoms with Crippen LogP contribution in [0, 0.1) is 6.92 Å². The van der Waals surface area contributed by atoms with Crippen LogP contribution in [0.4, 0.5) is 11.5 Å². The summed E-state index contributed by atoms with van der Waals surface area (Å²) in [6.07, 6.45) is 6.88. The number of aryl methyl sites for hydroxylation is 1. The Hall–Kier alpha value is -3.17. The number of rotatable bonds is 5. The van der Waals surface area contributed by atoms with Crippen LogP contribution in [0.25, 0.3) is 17.1 Å². The second-order valence-corrected chi connectivity index (χ2v) is 9.06. The Labute approximate surface area is 202 Å². The van der Waals surface area contributed by atoms with Gasteiger partial charge in [0.05, 0.1) is 11.1 Å². The molecule has 10 heteroatoms. The minimum Gasteiger partial charge on any atom is -0.478 e. The number of carboxylic acid groups (broad SMARTS) is 1. The van der Waals surface area contributed by atoms with E-state index in [1.165, 1.54) is 11.6 Å². The lowest BCUT2D eigenvalue weighted by Gasteiger charge is -2.37. The molecule has 1 aromatic carbocycles. The molecule has 0 aliphatic carbocycles. The molecular weight excluding hydrogens is 456 g/mol. The van der Waals surface area contributed by atoms with Crippen molar-refractivity contribution in [2.24, 2.45) is 0 Å². The zero-order valence-electron chi connectivity index (χ0n) is 19.0. The van der Waals surface area contributed by atoms with Crippen LogP contribution >= 0.6 is 11.6 Å². The molecule has 2 saturated heterocycles. The van der Waals surface area contributed by atoms with Crippen LogP contribution in [-0.2, 0) is 9.53 Å². The molecule has 2 aliphatic heterocycles. The van der Waals surface area contributed by atoms with Crippen molar-refractivity contribution in [1.29, 1.82) is 0 Å². The van der Waals surface area contributed by atoms with Gasteiger partial charge in [0.1, 0.15) is 12.1 Å². The van der Waals surface area contributed by atoms with Crippen LogP contribution in [0.2, 0.25) is 5.02 Å². The summed E-state index contributed by atoms with van der Waals surface area (Å²) in [5.74, 6) is -0.264. The van der Waals surface area contributed by atoms with Gasteiger partial charge < -0.3 is 19.6 Å². The molecule has 2 aromatic heterocycles. The zero-order chi connectivity index (χ0) is 23.7. The van der Waals surface area contributed by atoms with Gasteiger partial charge in [-0.05, 0) is 50.0 Å². The first-order valence-electron chi connectivity index (χ1n) is 11.5. The number of carboxylic acids is 1.